The molecule has 0 saturated carbocycles. The van der Waals surface area contributed by atoms with Gasteiger partial charge in [-0.3, -0.25) is 4.79 Å². The maximum absolute atomic E-state index is 12.3. The Balaban J connectivity index is 1.41. The number of hydrogen-bond donors (Lipinski definition) is 3. The van der Waals surface area contributed by atoms with Gasteiger partial charge in [-0.15, -0.1) is 0 Å². The molecule has 2 aliphatic rings. The highest BCUT2D eigenvalue weighted by atomic mass is 16.5. The number of likely N-dealkylation sites (tertiary alicyclic amines) is 1. The fraction of sp³-hybridized carbons (Fsp3) is 0.556. The van der Waals surface area contributed by atoms with Gasteiger partial charge in [0.2, 0.25) is 5.91 Å². The molecule has 0 aliphatic carbocycles. The summed E-state index contributed by atoms with van der Waals surface area (Å²) in [5, 5.41) is 5.94. The fourth-order valence-corrected chi connectivity index (χ4v) is 3.32. The Labute approximate surface area is 147 Å². The number of amides is 3. The summed E-state index contributed by atoms with van der Waals surface area (Å²) in [5.74, 6) is -0.0527. The summed E-state index contributed by atoms with van der Waals surface area (Å²) in [7, 11) is 0. The van der Waals surface area contributed by atoms with Gasteiger partial charge in [0, 0.05) is 31.4 Å². The number of hydrogen-bond acceptors (Lipinski definition) is 4. The third-order valence-corrected chi connectivity index (χ3v) is 4.82. The van der Waals surface area contributed by atoms with Crippen LogP contribution in [0.15, 0.2) is 30.3 Å². The highest BCUT2D eigenvalue weighted by molar-refractivity contribution is 5.89. The molecule has 2 atom stereocenters. The summed E-state index contributed by atoms with van der Waals surface area (Å²) in [5.41, 5.74) is 6.37. The number of nitrogens with two attached hydrogens (primary N) is 1. The van der Waals surface area contributed by atoms with Crippen LogP contribution in [0.3, 0.4) is 0 Å². The molecule has 3 amide bonds. The van der Waals surface area contributed by atoms with Crippen LogP contribution in [0.5, 0.6) is 0 Å². The minimum atomic E-state index is -0.382. The van der Waals surface area contributed by atoms with E-state index in [2.05, 4.69) is 10.6 Å². The van der Waals surface area contributed by atoms with Crippen molar-refractivity contribution < 1.29 is 14.3 Å². The number of urea groups is 1. The van der Waals surface area contributed by atoms with Crippen LogP contribution in [0.4, 0.5) is 10.5 Å². The Morgan fingerprint density at radius 2 is 1.84 bits per heavy atom. The fourth-order valence-electron chi connectivity index (χ4n) is 3.32. The Bertz CT molecular complexity index is 587. The zero-order chi connectivity index (χ0) is 17.6. The Morgan fingerprint density at radius 3 is 2.48 bits per heavy atom. The molecule has 0 spiro atoms. The second-order valence-electron chi connectivity index (χ2n) is 6.63. The molecule has 2 heterocycles. The predicted molar refractivity (Wildman–Crippen MR) is 95.1 cm³/mol. The van der Waals surface area contributed by atoms with Crippen LogP contribution >= 0.6 is 0 Å². The zero-order valence-electron chi connectivity index (χ0n) is 14.3. The zero-order valence-corrected chi connectivity index (χ0v) is 14.3. The van der Waals surface area contributed by atoms with Gasteiger partial charge in [0.05, 0.1) is 6.10 Å². The molecule has 4 N–H and O–H groups in total. The summed E-state index contributed by atoms with van der Waals surface area (Å²) in [6, 6.07) is 9.40. The van der Waals surface area contributed by atoms with Crippen molar-refractivity contribution in [3.8, 4) is 0 Å². The first-order chi connectivity index (χ1) is 12.2. The first-order valence-electron chi connectivity index (χ1n) is 8.92. The largest absolute Gasteiger partial charge is 0.364 e. The lowest BCUT2D eigenvalue weighted by Crippen LogP contribution is -2.49. The van der Waals surface area contributed by atoms with Crippen LogP contribution in [-0.4, -0.2) is 54.7 Å². The molecule has 136 valence electrons. The van der Waals surface area contributed by atoms with Crippen molar-refractivity contribution in [1.82, 2.24) is 10.2 Å². The molecule has 7 nitrogen and oxygen atoms in total. The van der Waals surface area contributed by atoms with Gasteiger partial charge in [0.1, 0.15) is 6.10 Å². The molecule has 3 rings (SSSR count). The minimum Gasteiger partial charge on any atom is -0.364 e. The monoisotopic (exact) mass is 346 g/mol. The quantitative estimate of drug-likeness (QED) is 0.766. The van der Waals surface area contributed by atoms with Gasteiger partial charge < -0.3 is 26.0 Å². The summed E-state index contributed by atoms with van der Waals surface area (Å²) in [6.45, 7) is 1.71. The smallest absolute Gasteiger partial charge is 0.321 e. The van der Waals surface area contributed by atoms with E-state index >= 15 is 0 Å². The van der Waals surface area contributed by atoms with Crippen LogP contribution < -0.4 is 16.4 Å². The van der Waals surface area contributed by atoms with Crippen molar-refractivity contribution >= 4 is 17.6 Å². The van der Waals surface area contributed by atoms with E-state index in [-0.39, 0.29) is 30.2 Å². The lowest BCUT2D eigenvalue weighted by Gasteiger charge is -2.32. The first-order valence-corrected chi connectivity index (χ1v) is 8.92. The van der Waals surface area contributed by atoms with Crippen LogP contribution in [0.2, 0.25) is 0 Å². The van der Waals surface area contributed by atoms with Gasteiger partial charge in [-0.25, -0.2) is 4.79 Å². The Kier molecular flexibility index (Phi) is 5.88. The number of ether oxygens (including phenoxy) is 1. The van der Waals surface area contributed by atoms with E-state index < -0.39 is 0 Å². The number of carbonyl (C=O) groups excluding carboxylic acids is 2. The van der Waals surface area contributed by atoms with Crippen LogP contribution in [0.1, 0.15) is 25.7 Å². The lowest BCUT2D eigenvalue weighted by atomic mass is 10.0. The maximum Gasteiger partial charge on any atom is 0.321 e. The number of rotatable bonds is 4. The van der Waals surface area contributed by atoms with Gasteiger partial charge >= 0.3 is 6.03 Å². The van der Waals surface area contributed by atoms with E-state index in [0.717, 1.165) is 31.4 Å². The van der Waals surface area contributed by atoms with Gasteiger partial charge in [0.15, 0.2) is 0 Å². The Morgan fingerprint density at radius 1 is 1.12 bits per heavy atom. The second kappa shape index (κ2) is 8.31. The van der Waals surface area contributed by atoms with Crippen molar-refractivity contribution in [1.29, 1.82) is 0 Å². The summed E-state index contributed by atoms with van der Waals surface area (Å²) in [4.78, 5) is 26.3. The summed E-state index contributed by atoms with van der Waals surface area (Å²) < 4.78 is 5.63. The molecular weight excluding hydrogens is 320 g/mol. The molecular formula is C18H26N4O3. The molecule has 2 aliphatic heterocycles. The van der Waals surface area contributed by atoms with Crippen LogP contribution in [0, 0.1) is 0 Å². The summed E-state index contributed by atoms with van der Waals surface area (Å²) >= 11 is 0. The van der Waals surface area contributed by atoms with Crippen molar-refractivity contribution in [2.45, 2.75) is 43.9 Å². The average molecular weight is 346 g/mol. The molecule has 1 aromatic rings. The van der Waals surface area contributed by atoms with E-state index in [0.29, 0.717) is 19.6 Å². The molecule has 0 radical (unpaired) electrons. The number of carbonyl (C=O) groups is 2. The van der Waals surface area contributed by atoms with Crippen molar-refractivity contribution in [3.63, 3.8) is 0 Å². The van der Waals surface area contributed by atoms with E-state index in [1.54, 1.807) is 4.90 Å². The number of nitrogens with one attached hydrogen (secondary N) is 2. The SMILES string of the molecule is NC[C@H]1CC[C@@H](C(=O)NC2CCN(C(=O)Nc3ccccc3)CC2)O1. The number of benzene rings is 1. The van der Waals surface area contributed by atoms with Crippen molar-refractivity contribution in [2.24, 2.45) is 5.73 Å². The number of nitrogens with zero attached hydrogens (tertiary/aromatic N) is 1. The lowest BCUT2D eigenvalue weighted by molar-refractivity contribution is -0.132. The highest BCUT2D eigenvalue weighted by Crippen LogP contribution is 2.20. The third-order valence-electron chi connectivity index (χ3n) is 4.82. The van der Waals surface area contributed by atoms with E-state index in [1.807, 2.05) is 30.3 Å². The van der Waals surface area contributed by atoms with E-state index in [4.69, 9.17) is 10.5 Å². The molecule has 2 fully saturated rings. The standard InChI is InChI=1S/C18H26N4O3/c19-12-15-6-7-16(25-15)17(23)20-14-8-10-22(11-9-14)18(24)21-13-4-2-1-3-5-13/h1-5,14-16H,6-12,19H2,(H,20,23)(H,21,24)/t15-,16+/m1/s1. The van der Waals surface area contributed by atoms with Gasteiger partial charge in [-0.1, -0.05) is 18.2 Å². The molecule has 25 heavy (non-hydrogen) atoms. The second-order valence-corrected chi connectivity index (χ2v) is 6.63. The van der Waals surface area contributed by atoms with Gasteiger partial charge in [0.25, 0.3) is 0 Å². The normalized spacial score (nSPS) is 24.1. The average Bonchev–Trinajstić information content (AvgIpc) is 3.12. The highest BCUT2D eigenvalue weighted by Gasteiger charge is 2.32. The van der Waals surface area contributed by atoms with Crippen molar-refractivity contribution in [3.05, 3.63) is 30.3 Å². The van der Waals surface area contributed by atoms with Crippen molar-refractivity contribution in [2.75, 3.05) is 25.0 Å². The summed E-state index contributed by atoms with van der Waals surface area (Å²) in [6.07, 6.45) is 2.69. The molecule has 1 aromatic carbocycles. The van der Waals surface area contributed by atoms with Crippen LogP contribution in [0.25, 0.3) is 0 Å². The van der Waals surface area contributed by atoms with Crippen LogP contribution in [-0.2, 0) is 9.53 Å². The first kappa shape index (κ1) is 17.7. The third kappa shape index (κ3) is 4.70. The van der Waals surface area contributed by atoms with E-state index in [1.165, 1.54) is 0 Å². The molecule has 0 unspecified atom stereocenters. The number of anilines is 1. The maximum atomic E-state index is 12.3. The molecule has 2 saturated heterocycles. The van der Waals surface area contributed by atoms with E-state index in [9.17, 15) is 9.59 Å². The topological polar surface area (TPSA) is 96.7 Å². The minimum absolute atomic E-state index is 0.000667. The molecule has 7 heteroatoms. The molecule has 0 bridgehead atoms. The van der Waals surface area contributed by atoms with Gasteiger partial charge in [-0.05, 0) is 37.8 Å². The Hall–Kier alpha value is -2.12. The van der Waals surface area contributed by atoms with Gasteiger partial charge in [-0.2, -0.15) is 0 Å². The number of piperidine rings is 1. The number of para-hydroxylation sites is 1. The molecule has 0 aromatic heterocycles. The predicted octanol–water partition coefficient (Wildman–Crippen LogP) is 1.31.